The summed E-state index contributed by atoms with van der Waals surface area (Å²) >= 11 is 0. The average molecular weight is 529 g/mol. The molecule has 0 aliphatic carbocycles. The predicted octanol–water partition coefficient (Wildman–Crippen LogP) is 5.35. The Bertz CT molecular complexity index is 1610. The lowest BCUT2D eigenvalue weighted by molar-refractivity contribution is -0.192. The molecule has 38 heavy (non-hydrogen) atoms. The van der Waals surface area contributed by atoms with Crippen LogP contribution in [0.1, 0.15) is 10.5 Å². The van der Waals surface area contributed by atoms with Gasteiger partial charge in [-0.1, -0.05) is 12.1 Å². The van der Waals surface area contributed by atoms with E-state index in [4.69, 9.17) is 9.90 Å². The lowest BCUT2D eigenvalue weighted by Gasteiger charge is -2.10. The summed E-state index contributed by atoms with van der Waals surface area (Å²) in [4.78, 5) is 25.9. The van der Waals surface area contributed by atoms with Crippen molar-refractivity contribution < 1.29 is 36.6 Å². The molecule has 0 saturated carbocycles. The molecule has 4 heterocycles. The summed E-state index contributed by atoms with van der Waals surface area (Å²) in [5, 5.41) is 13.9. The van der Waals surface area contributed by atoms with Crippen LogP contribution in [0.3, 0.4) is 0 Å². The highest BCUT2D eigenvalue weighted by Gasteiger charge is 2.38. The Balaban J connectivity index is 0.000000426. The Labute approximate surface area is 210 Å². The minimum Gasteiger partial charge on any atom is -0.475 e. The maximum Gasteiger partial charge on any atom is 0.490 e. The first-order chi connectivity index (χ1) is 18.0. The molecule has 0 spiro atoms. The van der Waals surface area contributed by atoms with Crippen molar-refractivity contribution in [1.82, 2.24) is 19.2 Å². The molecule has 0 bridgehead atoms. The Morgan fingerprint density at radius 2 is 1.66 bits per heavy atom. The van der Waals surface area contributed by atoms with Crippen molar-refractivity contribution >= 4 is 23.1 Å². The van der Waals surface area contributed by atoms with Crippen molar-refractivity contribution in [2.75, 3.05) is 5.32 Å². The number of hydrogen-bond donors (Lipinski definition) is 2. The molecule has 0 fully saturated rings. The van der Waals surface area contributed by atoms with Gasteiger partial charge < -0.3 is 14.8 Å². The number of carboxylic acid groups (broad SMARTS) is 1. The van der Waals surface area contributed by atoms with E-state index in [-0.39, 0.29) is 11.4 Å². The van der Waals surface area contributed by atoms with E-state index >= 15 is 0 Å². The number of carbonyl (C=O) groups is 2. The van der Waals surface area contributed by atoms with Crippen molar-refractivity contribution in [1.29, 1.82) is 0 Å². The highest BCUT2D eigenvalue weighted by Crippen LogP contribution is 2.23. The zero-order chi connectivity index (χ0) is 27.4. The van der Waals surface area contributed by atoms with Crippen LogP contribution in [0, 0.1) is 11.6 Å². The molecule has 0 aliphatic heterocycles. The number of anilines is 1. The van der Waals surface area contributed by atoms with Crippen molar-refractivity contribution in [3.63, 3.8) is 0 Å². The number of amides is 1. The highest BCUT2D eigenvalue weighted by molar-refractivity contribution is 6.03. The molecule has 2 N–H and O–H groups in total. The summed E-state index contributed by atoms with van der Waals surface area (Å²) in [6.07, 6.45) is 1.82. The molecule has 5 aromatic rings. The molecular weight excluding hydrogens is 513 g/mol. The van der Waals surface area contributed by atoms with Crippen LogP contribution in [0.25, 0.3) is 22.5 Å². The van der Waals surface area contributed by atoms with Crippen LogP contribution in [0.5, 0.6) is 0 Å². The number of aliphatic carboxylic acids is 1. The highest BCUT2D eigenvalue weighted by atomic mass is 19.4. The summed E-state index contributed by atoms with van der Waals surface area (Å²) < 4.78 is 62.2. The lowest BCUT2D eigenvalue weighted by Crippen LogP contribution is -2.21. The second kappa shape index (κ2) is 10.5. The molecule has 1 amide bonds. The van der Waals surface area contributed by atoms with Crippen molar-refractivity contribution in [2.45, 2.75) is 6.18 Å². The molecular formula is C25H16F5N5O3. The maximum absolute atomic E-state index is 14.0. The van der Waals surface area contributed by atoms with Crippen LogP contribution in [-0.2, 0) is 4.79 Å². The van der Waals surface area contributed by atoms with E-state index in [0.717, 1.165) is 22.7 Å². The lowest BCUT2D eigenvalue weighted by atomic mass is 10.1. The van der Waals surface area contributed by atoms with Gasteiger partial charge in [-0.05, 0) is 48.0 Å². The number of pyridine rings is 2. The van der Waals surface area contributed by atoms with Crippen molar-refractivity contribution in [3.05, 3.63) is 103 Å². The van der Waals surface area contributed by atoms with E-state index in [2.05, 4.69) is 15.4 Å². The number of fused-ring (bicyclic) bond motifs is 1. The van der Waals surface area contributed by atoms with Gasteiger partial charge in [0, 0.05) is 35.7 Å². The first-order valence-electron chi connectivity index (χ1n) is 10.7. The Morgan fingerprint density at radius 3 is 2.32 bits per heavy atom. The molecule has 1 aromatic carbocycles. The number of nitrogens with one attached hydrogen (secondary N) is 1. The molecule has 8 nitrogen and oxygen atoms in total. The number of nitrogens with zero attached hydrogens (tertiary/aromatic N) is 4. The van der Waals surface area contributed by atoms with E-state index in [1.807, 2.05) is 47.0 Å². The van der Waals surface area contributed by atoms with Crippen LogP contribution >= 0.6 is 0 Å². The quantitative estimate of drug-likeness (QED) is 0.306. The second-order valence-electron chi connectivity index (χ2n) is 7.66. The number of alkyl halides is 3. The topological polar surface area (TPSA) is 102 Å². The number of hydrogen-bond acceptors (Lipinski definition) is 4. The minimum atomic E-state index is -5.08. The van der Waals surface area contributed by atoms with Gasteiger partial charge in [-0.25, -0.2) is 18.3 Å². The summed E-state index contributed by atoms with van der Waals surface area (Å²) in [7, 11) is 0. The van der Waals surface area contributed by atoms with Gasteiger partial charge in [-0.3, -0.25) is 9.78 Å². The number of halogens is 5. The van der Waals surface area contributed by atoms with Gasteiger partial charge in [-0.2, -0.15) is 18.3 Å². The Kier molecular flexibility index (Phi) is 7.19. The predicted molar refractivity (Wildman–Crippen MR) is 126 cm³/mol. The number of rotatable bonds is 4. The molecule has 0 radical (unpaired) electrons. The van der Waals surface area contributed by atoms with Crippen LogP contribution in [0.15, 0.2) is 85.5 Å². The minimum absolute atomic E-state index is 0.113. The monoisotopic (exact) mass is 529 g/mol. The molecule has 5 rings (SSSR count). The standard InChI is InChI=1S/C23H15F2N5O.C2HF3O2/c24-17-4-7-20(19(25)12-17)28-23(31)21-9-11-27-30(21)22-8-6-18-5-3-16(14-29(18)22)15-2-1-10-26-13-15;3-2(4,5)1(6)7/h1-14H,(H,28,31);(H,6,7). The zero-order valence-corrected chi connectivity index (χ0v) is 19.0. The molecule has 0 aliphatic rings. The number of carboxylic acids is 1. The SMILES string of the molecule is O=C(Nc1ccc(F)cc1F)c1ccnn1-c1ccc2ccc(-c3cccnc3)cn12.O=C(O)C(F)(F)F. The van der Waals surface area contributed by atoms with Crippen LogP contribution in [0.4, 0.5) is 27.6 Å². The molecule has 0 unspecified atom stereocenters. The number of carbonyl (C=O) groups excluding carboxylic acids is 1. The molecule has 194 valence electrons. The van der Waals surface area contributed by atoms with Gasteiger partial charge in [0.1, 0.15) is 23.1 Å². The fourth-order valence-electron chi connectivity index (χ4n) is 3.40. The average Bonchev–Trinajstić information content (AvgIpc) is 3.52. The van der Waals surface area contributed by atoms with Gasteiger partial charge in [-0.15, -0.1) is 0 Å². The fraction of sp³-hybridized carbons (Fsp3) is 0.0400. The normalized spacial score (nSPS) is 11.1. The maximum atomic E-state index is 14.0. The zero-order valence-electron chi connectivity index (χ0n) is 19.0. The Hall–Kier alpha value is -5.07. The van der Waals surface area contributed by atoms with Crippen molar-refractivity contribution in [3.8, 4) is 16.9 Å². The summed E-state index contributed by atoms with van der Waals surface area (Å²) in [6.45, 7) is 0. The first-order valence-corrected chi connectivity index (χ1v) is 10.7. The Morgan fingerprint density at radius 1 is 0.921 bits per heavy atom. The third kappa shape index (κ3) is 5.67. The van der Waals surface area contributed by atoms with Gasteiger partial charge in [0.2, 0.25) is 0 Å². The fourth-order valence-corrected chi connectivity index (χ4v) is 3.40. The molecule has 13 heteroatoms. The van der Waals surface area contributed by atoms with Crippen LogP contribution in [0.2, 0.25) is 0 Å². The van der Waals surface area contributed by atoms with Gasteiger partial charge in [0.15, 0.2) is 0 Å². The summed E-state index contributed by atoms with van der Waals surface area (Å²) in [5.41, 5.74) is 2.90. The summed E-state index contributed by atoms with van der Waals surface area (Å²) in [6, 6.07) is 16.0. The van der Waals surface area contributed by atoms with E-state index in [0.29, 0.717) is 11.9 Å². The largest absolute Gasteiger partial charge is 0.490 e. The number of aromatic nitrogens is 4. The third-order valence-electron chi connectivity index (χ3n) is 5.14. The van der Waals surface area contributed by atoms with E-state index < -0.39 is 29.7 Å². The van der Waals surface area contributed by atoms with Gasteiger partial charge in [0.05, 0.1) is 11.9 Å². The van der Waals surface area contributed by atoms with Crippen LogP contribution in [-0.4, -0.2) is 42.3 Å². The molecule has 0 atom stereocenters. The second-order valence-corrected chi connectivity index (χ2v) is 7.66. The van der Waals surface area contributed by atoms with E-state index in [1.165, 1.54) is 23.0 Å². The van der Waals surface area contributed by atoms with E-state index in [1.54, 1.807) is 12.4 Å². The third-order valence-corrected chi connectivity index (χ3v) is 5.14. The molecule has 4 aromatic heterocycles. The smallest absolute Gasteiger partial charge is 0.475 e. The molecule has 0 saturated heterocycles. The van der Waals surface area contributed by atoms with Gasteiger partial charge in [0.25, 0.3) is 5.91 Å². The van der Waals surface area contributed by atoms with Crippen molar-refractivity contribution in [2.24, 2.45) is 0 Å². The summed E-state index contributed by atoms with van der Waals surface area (Å²) in [5.74, 6) is -4.26. The number of benzene rings is 1. The van der Waals surface area contributed by atoms with Gasteiger partial charge >= 0.3 is 12.1 Å². The van der Waals surface area contributed by atoms with Crippen LogP contribution < -0.4 is 5.32 Å². The first kappa shape index (κ1) is 26.0. The van der Waals surface area contributed by atoms with E-state index in [9.17, 15) is 26.7 Å².